The van der Waals surface area contributed by atoms with Gasteiger partial charge in [0.1, 0.15) is 11.4 Å². The number of para-hydroxylation sites is 1. The Morgan fingerprint density at radius 1 is 1.28 bits per heavy atom. The van der Waals surface area contributed by atoms with Crippen molar-refractivity contribution in [2.24, 2.45) is 4.99 Å². The summed E-state index contributed by atoms with van der Waals surface area (Å²) in [7, 11) is 1.80. The van der Waals surface area contributed by atoms with Gasteiger partial charge in [0.2, 0.25) is 0 Å². The van der Waals surface area contributed by atoms with Crippen LogP contribution in [0.3, 0.4) is 0 Å². The Morgan fingerprint density at radius 2 is 2.12 bits per heavy atom. The average molecular weight is 338 g/mol. The molecule has 0 radical (unpaired) electrons. The van der Waals surface area contributed by atoms with Crippen LogP contribution < -0.4 is 15.4 Å². The number of nitrogens with zero attached hydrogens (tertiary/aromatic N) is 2. The first kappa shape index (κ1) is 17.3. The monoisotopic (exact) mass is 338 g/mol. The molecule has 3 rings (SSSR count). The van der Waals surface area contributed by atoms with Gasteiger partial charge in [0.15, 0.2) is 5.96 Å². The largest absolute Gasteiger partial charge is 0.487 e. The van der Waals surface area contributed by atoms with E-state index < -0.39 is 0 Å². The highest BCUT2D eigenvalue weighted by Crippen LogP contribution is 2.39. The van der Waals surface area contributed by atoms with E-state index in [4.69, 9.17) is 4.74 Å². The summed E-state index contributed by atoms with van der Waals surface area (Å²) in [4.78, 5) is 8.52. The number of hydrogen-bond donors (Lipinski definition) is 2. The molecule has 1 aliphatic rings. The van der Waals surface area contributed by atoms with Crippen LogP contribution >= 0.6 is 0 Å². The molecule has 2 heterocycles. The third-order valence-electron chi connectivity index (χ3n) is 4.34. The number of benzene rings is 1. The Hall–Kier alpha value is -2.56. The lowest BCUT2D eigenvalue weighted by Crippen LogP contribution is -2.45. The average Bonchev–Trinajstić information content (AvgIpc) is 2.60. The summed E-state index contributed by atoms with van der Waals surface area (Å²) in [5, 5.41) is 6.94. The van der Waals surface area contributed by atoms with E-state index in [9.17, 15) is 0 Å². The van der Waals surface area contributed by atoms with Gasteiger partial charge in [-0.3, -0.25) is 9.98 Å². The molecule has 0 bridgehead atoms. The smallest absolute Gasteiger partial charge is 0.191 e. The summed E-state index contributed by atoms with van der Waals surface area (Å²) >= 11 is 0. The zero-order valence-electron chi connectivity index (χ0n) is 15.1. The quantitative estimate of drug-likeness (QED) is 0.664. The first-order valence-corrected chi connectivity index (χ1v) is 8.71. The first-order chi connectivity index (χ1) is 12.1. The molecule has 5 nitrogen and oxygen atoms in total. The second kappa shape index (κ2) is 7.55. The Kier molecular flexibility index (Phi) is 5.22. The van der Waals surface area contributed by atoms with Crippen molar-refractivity contribution in [3.05, 3.63) is 59.9 Å². The maximum absolute atomic E-state index is 6.10. The van der Waals surface area contributed by atoms with Crippen molar-refractivity contribution in [2.75, 3.05) is 13.6 Å². The van der Waals surface area contributed by atoms with Crippen molar-refractivity contribution in [1.29, 1.82) is 0 Å². The third-order valence-corrected chi connectivity index (χ3v) is 4.34. The summed E-state index contributed by atoms with van der Waals surface area (Å²) in [5.41, 5.74) is 2.18. The van der Waals surface area contributed by atoms with Crippen LogP contribution in [0, 0.1) is 0 Å². The normalized spacial score (nSPS) is 18.8. The fourth-order valence-electron chi connectivity index (χ4n) is 3.16. The Morgan fingerprint density at radius 3 is 2.88 bits per heavy atom. The topological polar surface area (TPSA) is 58.5 Å². The fourth-order valence-corrected chi connectivity index (χ4v) is 3.16. The predicted octanol–water partition coefficient (Wildman–Crippen LogP) is 3.09. The van der Waals surface area contributed by atoms with Gasteiger partial charge in [-0.05, 0) is 38.0 Å². The van der Waals surface area contributed by atoms with Crippen LogP contribution in [0.25, 0.3) is 0 Å². The minimum absolute atomic E-state index is 0.171. The van der Waals surface area contributed by atoms with E-state index in [1.54, 1.807) is 13.2 Å². The highest BCUT2D eigenvalue weighted by molar-refractivity contribution is 5.80. The van der Waals surface area contributed by atoms with E-state index in [2.05, 4.69) is 46.6 Å². The van der Waals surface area contributed by atoms with Crippen LogP contribution in [0.2, 0.25) is 0 Å². The molecule has 2 aromatic rings. The molecule has 0 aliphatic carbocycles. The van der Waals surface area contributed by atoms with E-state index in [-0.39, 0.29) is 11.6 Å². The number of aliphatic imine (C=N–C) groups is 1. The summed E-state index contributed by atoms with van der Waals surface area (Å²) < 4.78 is 6.10. The number of pyridine rings is 1. The van der Waals surface area contributed by atoms with Gasteiger partial charge < -0.3 is 15.4 Å². The third kappa shape index (κ3) is 4.50. The molecular weight excluding hydrogens is 312 g/mol. The standard InChI is InChI=1S/C20H26N4O/c1-20(2)13-17(16-8-4-5-9-18(16)25-20)24-19(21-3)23-12-10-15-7-6-11-22-14-15/h4-9,11,14,17H,10,12-13H2,1-3H3,(H2,21,23,24). The van der Waals surface area contributed by atoms with Crippen molar-refractivity contribution in [2.45, 2.75) is 38.3 Å². The SMILES string of the molecule is CN=C(NCCc1cccnc1)NC1CC(C)(C)Oc2ccccc21. The van der Waals surface area contributed by atoms with E-state index in [1.165, 1.54) is 11.1 Å². The highest BCUT2D eigenvalue weighted by Gasteiger charge is 2.33. The van der Waals surface area contributed by atoms with Gasteiger partial charge in [0.05, 0.1) is 6.04 Å². The summed E-state index contributed by atoms with van der Waals surface area (Å²) in [6.45, 7) is 5.05. The molecule has 132 valence electrons. The van der Waals surface area contributed by atoms with Crippen LogP contribution in [0.5, 0.6) is 5.75 Å². The Balaban J connectivity index is 1.63. The lowest BCUT2D eigenvalue weighted by Gasteiger charge is -2.38. The van der Waals surface area contributed by atoms with Gasteiger partial charge in [0, 0.05) is 38.0 Å². The number of nitrogens with one attached hydrogen (secondary N) is 2. The molecule has 1 unspecified atom stereocenters. The van der Waals surface area contributed by atoms with Crippen LogP contribution in [-0.4, -0.2) is 30.1 Å². The minimum atomic E-state index is -0.208. The molecule has 0 spiro atoms. The number of ether oxygens (including phenoxy) is 1. The summed E-state index contributed by atoms with van der Waals surface area (Å²) in [6, 6.07) is 12.4. The fraction of sp³-hybridized carbons (Fsp3) is 0.400. The Bertz CT molecular complexity index is 727. The second-order valence-corrected chi connectivity index (χ2v) is 6.91. The van der Waals surface area contributed by atoms with Crippen molar-refractivity contribution in [1.82, 2.24) is 15.6 Å². The Labute approximate surface area is 149 Å². The van der Waals surface area contributed by atoms with E-state index >= 15 is 0 Å². The van der Waals surface area contributed by atoms with Gasteiger partial charge in [-0.15, -0.1) is 0 Å². The van der Waals surface area contributed by atoms with Gasteiger partial charge in [-0.2, -0.15) is 0 Å². The molecule has 1 aliphatic heterocycles. The minimum Gasteiger partial charge on any atom is -0.487 e. The van der Waals surface area contributed by atoms with Crippen molar-refractivity contribution < 1.29 is 4.74 Å². The number of hydrogen-bond acceptors (Lipinski definition) is 3. The number of guanidine groups is 1. The van der Waals surface area contributed by atoms with Gasteiger partial charge in [-0.25, -0.2) is 0 Å². The number of rotatable bonds is 4. The van der Waals surface area contributed by atoms with E-state index in [0.29, 0.717) is 0 Å². The molecule has 25 heavy (non-hydrogen) atoms. The van der Waals surface area contributed by atoms with Crippen LogP contribution in [0.15, 0.2) is 53.8 Å². The van der Waals surface area contributed by atoms with Gasteiger partial charge in [-0.1, -0.05) is 24.3 Å². The van der Waals surface area contributed by atoms with Crippen molar-refractivity contribution in [3.63, 3.8) is 0 Å². The molecule has 0 saturated heterocycles. The van der Waals surface area contributed by atoms with Crippen LogP contribution in [0.4, 0.5) is 0 Å². The highest BCUT2D eigenvalue weighted by atomic mass is 16.5. The molecule has 0 saturated carbocycles. The maximum atomic E-state index is 6.10. The predicted molar refractivity (Wildman–Crippen MR) is 101 cm³/mol. The van der Waals surface area contributed by atoms with Gasteiger partial charge >= 0.3 is 0 Å². The first-order valence-electron chi connectivity index (χ1n) is 8.71. The van der Waals surface area contributed by atoms with Crippen LogP contribution in [0.1, 0.15) is 37.4 Å². The lowest BCUT2D eigenvalue weighted by atomic mass is 9.90. The van der Waals surface area contributed by atoms with Gasteiger partial charge in [0.25, 0.3) is 0 Å². The number of aromatic nitrogens is 1. The van der Waals surface area contributed by atoms with E-state index in [1.807, 2.05) is 30.5 Å². The van der Waals surface area contributed by atoms with Crippen molar-refractivity contribution in [3.8, 4) is 5.75 Å². The molecule has 0 amide bonds. The molecule has 1 aromatic carbocycles. The molecular formula is C20H26N4O. The number of fused-ring (bicyclic) bond motifs is 1. The van der Waals surface area contributed by atoms with Crippen LogP contribution in [-0.2, 0) is 6.42 Å². The molecule has 1 atom stereocenters. The summed E-state index contributed by atoms with van der Waals surface area (Å²) in [6.07, 6.45) is 5.48. The molecule has 0 fully saturated rings. The summed E-state index contributed by atoms with van der Waals surface area (Å²) in [5.74, 6) is 1.75. The zero-order valence-corrected chi connectivity index (χ0v) is 15.1. The van der Waals surface area contributed by atoms with E-state index in [0.717, 1.165) is 31.1 Å². The zero-order chi connectivity index (χ0) is 17.7. The van der Waals surface area contributed by atoms with Crippen molar-refractivity contribution >= 4 is 5.96 Å². The molecule has 2 N–H and O–H groups in total. The lowest BCUT2D eigenvalue weighted by molar-refractivity contribution is 0.0694. The molecule has 1 aromatic heterocycles. The second-order valence-electron chi connectivity index (χ2n) is 6.91. The molecule has 5 heteroatoms. The maximum Gasteiger partial charge on any atom is 0.191 e.